The Balaban J connectivity index is 1.80. The Labute approximate surface area is 206 Å². The van der Waals surface area contributed by atoms with Gasteiger partial charge in [0.05, 0.1) is 11.9 Å². The van der Waals surface area contributed by atoms with Gasteiger partial charge in [0, 0.05) is 30.4 Å². The van der Waals surface area contributed by atoms with Crippen LogP contribution in [0.4, 0.5) is 17.5 Å². The first-order valence-electron chi connectivity index (χ1n) is 10.8. The molecule has 3 rings (SSSR count). The molecular formula is C24H25N7O5. The average molecular weight is 492 g/mol. The number of nitrogens with zero attached hydrogens (tertiary/aromatic N) is 4. The van der Waals surface area contributed by atoms with Gasteiger partial charge in [0.25, 0.3) is 5.91 Å². The molecule has 0 aliphatic carbocycles. The number of hydrogen-bond donors (Lipinski definition) is 5. The summed E-state index contributed by atoms with van der Waals surface area (Å²) in [6, 6.07) is 5.11. The van der Waals surface area contributed by atoms with E-state index in [1.54, 1.807) is 18.3 Å². The minimum absolute atomic E-state index is 0.0364. The van der Waals surface area contributed by atoms with E-state index < -0.39 is 23.9 Å². The molecule has 2 aromatic heterocycles. The van der Waals surface area contributed by atoms with Crippen LogP contribution in [0.2, 0.25) is 0 Å². The van der Waals surface area contributed by atoms with E-state index in [1.165, 1.54) is 12.1 Å². The first kappa shape index (κ1) is 25.7. The molecule has 1 atom stereocenters. The number of fused-ring (bicyclic) bond motifs is 1. The van der Waals surface area contributed by atoms with E-state index in [4.69, 9.17) is 23.0 Å². The van der Waals surface area contributed by atoms with Crippen molar-refractivity contribution in [3.8, 4) is 12.3 Å². The van der Waals surface area contributed by atoms with Gasteiger partial charge in [-0.15, -0.1) is 6.42 Å². The molecular weight excluding hydrogens is 466 g/mol. The van der Waals surface area contributed by atoms with Gasteiger partial charge in [-0.3, -0.25) is 9.59 Å². The van der Waals surface area contributed by atoms with Crippen LogP contribution in [0, 0.1) is 19.3 Å². The molecule has 12 heteroatoms. The minimum Gasteiger partial charge on any atom is -0.481 e. The molecule has 0 fully saturated rings. The molecule has 0 saturated carbocycles. The number of aromatic nitrogens is 3. The van der Waals surface area contributed by atoms with Crippen LogP contribution in [-0.2, 0) is 16.1 Å². The minimum atomic E-state index is -1.32. The van der Waals surface area contributed by atoms with Gasteiger partial charge >= 0.3 is 11.9 Å². The van der Waals surface area contributed by atoms with Gasteiger partial charge in [0.1, 0.15) is 11.9 Å². The summed E-state index contributed by atoms with van der Waals surface area (Å²) >= 11 is 0. The topological polar surface area (TPSA) is 198 Å². The Kier molecular flexibility index (Phi) is 7.85. The molecule has 0 bridgehead atoms. The number of carboxylic acids is 2. The number of terminal acetylenes is 1. The van der Waals surface area contributed by atoms with Crippen LogP contribution >= 0.6 is 0 Å². The summed E-state index contributed by atoms with van der Waals surface area (Å²) in [6.45, 7) is 2.51. The highest BCUT2D eigenvalue weighted by atomic mass is 16.4. The number of carbonyl (C=O) groups is 3. The fourth-order valence-corrected chi connectivity index (χ4v) is 3.64. The number of aliphatic carboxylic acids is 2. The lowest BCUT2D eigenvalue weighted by atomic mass is 10.1. The molecule has 7 N–H and O–H groups in total. The zero-order chi connectivity index (χ0) is 26.4. The number of amides is 1. The smallest absolute Gasteiger partial charge is 0.326 e. The third kappa shape index (κ3) is 5.95. The molecule has 0 spiro atoms. The summed E-state index contributed by atoms with van der Waals surface area (Å²) in [5, 5.41) is 21.0. The number of carboxylic acid groups (broad SMARTS) is 2. The Hall–Kier alpha value is -4.92. The Morgan fingerprint density at radius 1 is 1.17 bits per heavy atom. The lowest BCUT2D eigenvalue weighted by molar-refractivity contribution is -0.140. The van der Waals surface area contributed by atoms with E-state index in [1.807, 2.05) is 11.8 Å². The summed E-state index contributed by atoms with van der Waals surface area (Å²) in [6.07, 6.45) is 6.63. The molecule has 1 aromatic carbocycles. The summed E-state index contributed by atoms with van der Waals surface area (Å²) in [4.78, 5) is 49.0. The molecule has 36 heavy (non-hydrogen) atoms. The van der Waals surface area contributed by atoms with Crippen LogP contribution in [0.5, 0.6) is 0 Å². The number of rotatable bonds is 10. The predicted octanol–water partition coefficient (Wildman–Crippen LogP) is 1.19. The predicted molar refractivity (Wildman–Crippen MR) is 133 cm³/mol. The van der Waals surface area contributed by atoms with Gasteiger partial charge in [-0.05, 0) is 48.7 Å². The summed E-state index contributed by atoms with van der Waals surface area (Å²) in [7, 11) is 0. The van der Waals surface area contributed by atoms with Crippen LogP contribution in [0.1, 0.15) is 34.3 Å². The van der Waals surface area contributed by atoms with Crippen molar-refractivity contribution < 1.29 is 24.6 Å². The molecule has 2 heterocycles. The maximum Gasteiger partial charge on any atom is 0.326 e. The zero-order valence-electron chi connectivity index (χ0n) is 19.4. The van der Waals surface area contributed by atoms with Crippen molar-refractivity contribution in [2.24, 2.45) is 0 Å². The first-order chi connectivity index (χ1) is 17.1. The van der Waals surface area contributed by atoms with Gasteiger partial charge < -0.3 is 31.9 Å². The van der Waals surface area contributed by atoms with E-state index in [0.29, 0.717) is 23.3 Å². The number of aryl methyl sites for hydroxylation is 1. The number of nitrogens with one attached hydrogen (secondary N) is 1. The van der Waals surface area contributed by atoms with Crippen molar-refractivity contribution in [3.63, 3.8) is 0 Å². The molecule has 1 amide bonds. The molecule has 0 saturated heterocycles. The number of nitrogens with two attached hydrogens (primary N) is 2. The fraction of sp³-hybridized carbons (Fsp3) is 0.250. The molecule has 0 radical (unpaired) electrons. The molecule has 0 aliphatic heterocycles. The standard InChI is InChI=1S/C24H25N7O5/c1-3-10-31(12-15-11-27-21-19(13(15)2)20(25)29-24(26)30-21)16-6-4-14(5-7-16)22(34)28-17(23(35)36)8-9-18(32)33/h1,4-7,11,17H,8-10,12H2,2H3,(H,28,34)(H,32,33)(H,35,36)(H4,25,26,27,29,30)/t17-/m0/s1. The summed E-state index contributed by atoms with van der Waals surface area (Å²) in [5.41, 5.74) is 14.7. The third-order valence-electron chi connectivity index (χ3n) is 5.52. The van der Waals surface area contributed by atoms with Crippen molar-refractivity contribution in [3.05, 3.63) is 47.2 Å². The van der Waals surface area contributed by atoms with Gasteiger partial charge in [-0.1, -0.05) is 5.92 Å². The fourth-order valence-electron chi connectivity index (χ4n) is 3.64. The lowest BCUT2D eigenvalue weighted by Gasteiger charge is -2.24. The van der Waals surface area contributed by atoms with Gasteiger partial charge in [-0.2, -0.15) is 9.97 Å². The highest BCUT2D eigenvalue weighted by molar-refractivity contribution is 5.97. The van der Waals surface area contributed by atoms with Crippen LogP contribution in [-0.4, -0.2) is 55.6 Å². The number of pyridine rings is 1. The van der Waals surface area contributed by atoms with Crippen molar-refractivity contribution in [2.75, 3.05) is 22.9 Å². The normalized spacial score (nSPS) is 11.4. The second kappa shape index (κ2) is 11.0. The van der Waals surface area contributed by atoms with E-state index in [0.717, 1.165) is 11.1 Å². The average Bonchev–Trinajstić information content (AvgIpc) is 2.82. The Morgan fingerprint density at radius 3 is 2.47 bits per heavy atom. The van der Waals surface area contributed by atoms with Crippen LogP contribution in [0.15, 0.2) is 30.5 Å². The monoisotopic (exact) mass is 491 g/mol. The van der Waals surface area contributed by atoms with E-state index in [9.17, 15) is 19.5 Å². The Bertz CT molecular complexity index is 1350. The third-order valence-corrected chi connectivity index (χ3v) is 5.52. The molecule has 0 unspecified atom stereocenters. The lowest BCUT2D eigenvalue weighted by Crippen LogP contribution is -2.41. The van der Waals surface area contributed by atoms with Crippen LogP contribution in [0.25, 0.3) is 11.0 Å². The maximum atomic E-state index is 12.5. The highest BCUT2D eigenvalue weighted by Gasteiger charge is 2.22. The van der Waals surface area contributed by atoms with Gasteiger partial charge in [0.2, 0.25) is 5.95 Å². The highest BCUT2D eigenvalue weighted by Crippen LogP contribution is 2.26. The number of anilines is 3. The van der Waals surface area contributed by atoms with Crippen LogP contribution < -0.4 is 21.7 Å². The van der Waals surface area contributed by atoms with Crippen LogP contribution in [0.3, 0.4) is 0 Å². The molecule has 0 aliphatic rings. The summed E-state index contributed by atoms with van der Waals surface area (Å²) < 4.78 is 0. The van der Waals surface area contributed by atoms with Crippen molar-refractivity contribution in [1.29, 1.82) is 0 Å². The van der Waals surface area contributed by atoms with Crippen molar-refractivity contribution in [1.82, 2.24) is 20.3 Å². The van der Waals surface area contributed by atoms with Gasteiger partial charge in [-0.25, -0.2) is 9.78 Å². The second-order valence-electron chi connectivity index (χ2n) is 7.98. The van der Waals surface area contributed by atoms with E-state index in [-0.39, 0.29) is 36.7 Å². The van der Waals surface area contributed by atoms with E-state index in [2.05, 4.69) is 26.2 Å². The number of nitrogen functional groups attached to an aromatic ring is 2. The molecule has 3 aromatic rings. The quantitative estimate of drug-likeness (QED) is 0.255. The SMILES string of the molecule is C#CCN(Cc1cnc2nc(N)nc(N)c2c1C)c1ccc(C(=O)N[C@@H](CCC(=O)O)C(=O)O)cc1. The number of benzene rings is 1. The maximum absolute atomic E-state index is 12.5. The number of hydrogen-bond acceptors (Lipinski definition) is 9. The molecule has 12 nitrogen and oxygen atoms in total. The molecule has 186 valence electrons. The summed E-state index contributed by atoms with van der Waals surface area (Å²) in [5.74, 6) is -0.219. The first-order valence-corrected chi connectivity index (χ1v) is 10.8. The second-order valence-corrected chi connectivity index (χ2v) is 7.98. The van der Waals surface area contributed by atoms with Crippen molar-refractivity contribution in [2.45, 2.75) is 32.4 Å². The van der Waals surface area contributed by atoms with Crippen molar-refractivity contribution >= 4 is 46.3 Å². The van der Waals surface area contributed by atoms with E-state index >= 15 is 0 Å². The Morgan fingerprint density at radius 2 is 1.86 bits per heavy atom. The zero-order valence-corrected chi connectivity index (χ0v) is 19.4. The van der Waals surface area contributed by atoms with Gasteiger partial charge in [0.15, 0.2) is 5.65 Å². The number of carbonyl (C=O) groups excluding carboxylic acids is 1. The largest absolute Gasteiger partial charge is 0.481 e.